The van der Waals surface area contributed by atoms with Gasteiger partial charge in [0.05, 0.1) is 36.4 Å². The van der Waals surface area contributed by atoms with Crippen molar-refractivity contribution in [2.45, 2.75) is 0 Å². The molecule has 17 heteroatoms. The van der Waals surface area contributed by atoms with Crippen molar-refractivity contribution in [3.05, 3.63) is 0 Å². The molecule has 0 heterocycles. The summed E-state index contributed by atoms with van der Waals surface area (Å²) in [5, 5.41) is 22.1. The molecule has 0 saturated heterocycles. The van der Waals surface area contributed by atoms with Crippen LogP contribution in [0.1, 0.15) is 0 Å². The number of hydrogen-bond acceptors (Lipinski definition) is 16. The lowest BCUT2D eigenvalue weighted by molar-refractivity contribution is -0.293. The summed E-state index contributed by atoms with van der Waals surface area (Å²) in [5.74, 6) is 2.68. The molecule has 0 aliphatic carbocycles. The third kappa shape index (κ3) is 30.3. The molecule has 0 aromatic carbocycles. The maximum Gasteiger partial charge on any atom is 0.316 e. The maximum absolute atomic E-state index is 12.0. The van der Waals surface area contributed by atoms with Gasteiger partial charge in [-0.2, -0.15) is 11.8 Å². The van der Waals surface area contributed by atoms with Gasteiger partial charge in [-0.1, -0.05) is 11.8 Å². The number of hydrogen-bond donors (Lipinski definition) is 2. The minimum absolute atomic E-state index is 0.0423. The summed E-state index contributed by atoms with van der Waals surface area (Å²) in [6.07, 6.45) is 0. The molecular weight excluding hydrogens is 633 g/mol. The fraction of sp³-hybridized carbons (Fsp3) is 0.889. The molecule has 208 valence electrons. The molecule has 0 amide bonds. The normalized spacial score (nSPS) is 12.1. The van der Waals surface area contributed by atoms with Gasteiger partial charge in [-0.05, 0) is 0 Å². The Labute approximate surface area is 244 Å². The number of aliphatic hydroxyl groups is 2. The predicted molar refractivity (Wildman–Crippen MR) is 164 cm³/mol. The molecule has 0 rings (SSSR count). The van der Waals surface area contributed by atoms with Crippen molar-refractivity contribution in [2.75, 3.05) is 92.3 Å². The molecule has 0 aliphatic rings. The molecule has 35 heavy (non-hydrogen) atoms. The first-order valence-electron chi connectivity index (χ1n) is 10.3. The monoisotopic (exact) mass is 666 g/mol. The van der Waals surface area contributed by atoms with Gasteiger partial charge in [0.2, 0.25) is 0 Å². The van der Waals surface area contributed by atoms with Crippen molar-refractivity contribution >= 4 is 116 Å². The van der Waals surface area contributed by atoms with Crippen LogP contribution in [0.4, 0.5) is 0 Å². The van der Waals surface area contributed by atoms with E-state index in [1.165, 1.54) is 23.5 Å². The zero-order valence-electron chi connectivity index (χ0n) is 19.3. The van der Waals surface area contributed by atoms with E-state index in [0.717, 1.165) is 36.9 Å². The van der Waals surface area contributed by atoms with Crippen LogP contribution in [0.15, 0.2) is 0 Å². The van der Waals surface area contributed by atoms with Gasteiger partial charge >= 0.3 is 5.97 Å². The first kappa shape index (κ1) is 36.9. The molecule has 0 aromatic heterocycles. The fourth-order valence-electron chi connectivity index (χ4n) is 1.61. The molecule has 1 unspecified atom stereocenters. The highest BCUT2D eigenvalue weighted by Crippen LogP contribution is 2.23. The molecule has 0 radical (unpaired) electrons. The van der Waals surface area contributed by atoms with E-state index in [1.807, 2.05) is 0 Å². The Bertz CT molecular complexity index is 534. The SMILES string of the molecule is O=C(CSCSCCS(=O)CSCSCSCSC(=O)CSCSCCOOCCO)OCCO. The number of ether oxygens (including phenoxy) is 1. The number of carbonyl (C=O) groups excluding carboxylic acids is 2. The third-order valence-corrected chi connectivity index (χ3v) is 14.6. The lowest BCUT2D eigenvalue weighted by Crippen LogP contribution is -2.10. The molecule has 0 fully saturated rings. The minimum Gasteiger partial charge on any atom is -0.463 e. The Hall–Kier alpha value is 1.93. The third-order valence-electron chi connectivity index (χ3n) is 3.00. The highest BCUT2D eigenvalue weighted by molar-refractivity contribution is 8.30. The number of esters is 1. The van der Waals surface area contributed by atoms with Crippen LogP contribution in [0.2, 0.25) is 0 Å². The van der Waals surface area contributed by atoms with Gasteiger partial charge in [0.1, 0.15) is 13.2 Å². The van der Waals surface area contributed by atoms with E-state index in [4.69, 9.17) is 24.7 Å². The van der Waals surface area contributed by atoms with Gasteiger partial charge in [-0.3, -0.25) is 13.8 Å². The molecule has 2 N–H and O–H groups in total. The Balaban J connectivity index is 3.31. The van der Waals surface area contributed by atoms with E-state index in [0.29, 0.717) is 23.2 Å². The van der Waals surface area contributed by atoms with Crippen molar-refractivity contribution in [1.82, 2.24) is 0 Å². The van der Waals surface area contributed by atoms with Gasteiger partial charge in [0.15, 0.2) is 5.12 Å². The van der Waals surface area contributed by atoms with Gasteiger partial charge in [-0.15, -0.1) is 70.6 Å². The number of aliphatic hydroxyl groups excluding tert-OH is 2. The minimum atomic E-state index is -0.843. The lowest BCUT2D eigenvalue weighted by atomic mass is 10.7. The van der Waals surface area contributed by atoms with Crippen LogP contribution in [0, 0.1) is 0 Å². The summed E-state index contributed by atoms with van der Waals surface area (Å²) in [4.78, 5) is 32.7. The molecule has 0 bridgehead atoms. The zero-order valence-corrected chi connectivity index (χ0v) is 26.7. The van der Waals surface area contributed by atoms with Gasteiger partial charge in [-0.25, -0.2) is 9.78 Å². The summed E-state index contributed by atoms with van der Waals surface area (Å²) < 4.78 is 16.8. The summed E-state index contributed by atoms with van der Waals surface area (Å²) in [5.41, 5.74) is 0. The first-order chi connectivity index (χ1) is 17.1. The lowest BCUT2D eigenvalue weighted by Gasteiger charge is -2.05. The standard InChI is InChI=1S/C18H34O8S9/c19-1-3-24-17(21)9-29-12-28-7-8-35(23)16-33-14-31-13-32-15-34-18(22)10-30-11-27-6-5-26-25-4-2-20/h19-20H,1-16H2. The summed E-state index contributed by atoms with van der Waals surface area (Å²) >= 11 is 12.9. The highest BCUT2D eigenvalue weighted by Gasteiger charge is 2.05. The first-order valence-corrected chi connectivity index (χ1v) is 20.8. The highest BCUT2D eigenvalue weighted by atomic mass is 32.3. The van der Waals surface area contributed by atoms with E-state index in [-0.39, 0.29) is 43.3 Å². The van der Waals surface area contributed by atoms with Crippen LogP contribution in [0.3, 0.4) is 0 Å². The molecule has 1 atom stereocenters. The molecular formula is C18H34O8S9. The van der Waals surface area contributed by atoms with E-state index in [1.54, 1.807) is 70.6 Å². The second-order valence-corrected chi connectivity index (χ2v) is 17.7. The second-order valence-electron chi connectivity index (χ2n) is 5.80. The Kier molecular flexibility index (Phi) is 32.2. The Morgan fingerprint density at radius 2 is 1.31 bits per heavy atom. The van der Waals surface area contributed by atoms with Crippen molar-refractivity contribution in [3.8, 4) is 0 Å². The zero-order chi connectivity index (χ0) is 25.8. The summed E-state index contributed by atoms with van der Waals surface area (Å²) in [7, 11) is -0.843. The smallest absolute Gasteiger partial charge is 0.316 e. The largest absolute Gasteiger partial charge is 0.463 e. The average molecular weight is 667 g/mol. The van der Waals surface area contributed by atoms with Gasteiger partial charge in [0, 0.05) is 53.5 Å². The van der Waals surface area contributed by atoms with Crippen LogP contribution >= 0.6 is 94.1 Å². The maximum atomic E-state index is 12.0. The van der Waals surface area contributed by atoms with Crippen LogP contribution in [0.25, 0.3) is 0 Å². The summed E-state index contributed by atoms with van der Waals surface area (Å²) in [6.45, 7) is 0.469. The second kappa shape index (κ2) is 30.5. The van der Waals surface area contributed by atoms with Crippen LogP contribution in [-0.4, -0.2) is 118 Å². The van der Waals surface area contributed by atoms with Crippen LogP contribution < -0.4 is 0 Å². The molecule has 0 aliphatic heterocycles. The topological polar surface area (TPSA) is 119 Å². The number of thioether (sulfide) groups is 8. The molecule has 8 nitrogen and oxygen atoms in total. The van der Waals surface area contributed by atoms with Gasteiger partial charge in [0.25, 0.3) is 0 Å². The Morgan fingerprint density at radius 1 is 0.686 bits per heavy atom. The van der Waals surface area contributed by atoms with Gasteiger partial charge < -0.3 is 14.9 Å². The van der Waals surface area contributed by atoms with E-state index in [2.05, 4.69) is 0 Å². The van der Waals surface area contributed by atoms with E-state index >= 15 is 0 Å². The number of carbonyl (C=O) groups is 2. The van der Waals surface area contributed by atoms with E-state index < -0.39 is 10.8 Å². The van der Waals surface area contributed by atoms with Crippen molar-refractivity contribution in [1.29, 1.82) is 0 Å². The molecule has 0 spiro atoms. The van der Waals surface area contributed by atoms with Crippen molar-refractivity contribution in [3.63, 3.8) is 0 Å². The fourth-order valence-corrected chi connectivity index (χ4v) is 12.2. The van der Waals surface area contributed by atoms with Crippen LogP contribution in [-0.2, 0) is 34.9 Å². The molecule has 0 aromatic rings. The van der Waals surface area contributed by atoms with E-state index in [9.17, 15) is 13.8 Å². The quantitative estimate of drug-likeness (QED) is 0.0438. The average Bonchev–Trinajstić information content (AvgIpc) is 2.85. The predicted octanol–water partition coefficient (Wildman–Crippen LogP) is 3.35. The van der Waals surface area contributed by atoms with Crippen molar-refractivity contribution in [2.24, 2.45) is 0 Å². The summed E-state index contributed by atoms with van der Waals surface area (Å²) in [6, 6.07) is 0. The number of rotatable bonds is 27. The molecule has 0 saturated carbocycles. The Morgan fingerprint density at radius 3 is 2.09 bits per heavy atom. The van der Waals surface area contributed by atoms with Crippen molar-refractivity contribution < 1.29 is 38.5 Å². The van der Waals surface area contributed by atoms with Crippen LogP contribution in [0.5, 0.6) is 0 Å².